The lowest BCUT2D eigenvalue weighted by atomic mass is 9.87. The Morgan fingerprint density at radius 3 is 2.21 bits per heavy atom. The van der Waals surface area contributed by atoms with Gasteiger partial charge < -0.3 is 9.47 Å². The highest BCUT2D eigenvalue weighted by atomic mass is 127. The zero-order valence-corrected chi connectivity index (χ0v) is 18.8. The van der Waals surface area contributed by atoms with Crippen LogP contribution in [0.25, 0.3) is 0 Å². The maximum Gasteiger partial charge on any atom is 0.279 e. The molecule has 1 atom stereocenters. The van der Waals surface area contributed by atoms with Gasteiger partial charge in [0, 0.05) is 5.56 Å². The van der Waals surface area contributed by atoms with E-state index in [4.69, 9.17) is 9.47 Å². The van der Waals surface area contributed by atoms with E-state index in [2.05, 4.69) is 54.2 Å². The third-order valence-corrected chi connectivity index (χ3v) is 4.96. The third kappa shape index (κ3) is 5.85. The van der Waals surface area contributed by atoms with Crippen molar-refractivity contribution in [2.24, 2.45) is 0 Å². The molecule has 0 fully saturated rings. The molecule has 150 valence electrons. The lowest BCUT2D eigenvalue weighted by molar-refractivity contribution is -0.128. The fourth-order valence-electron chi connectivity index (χ4n) is 2.39. The summed E-state index contributed by atoms with van der Waals surface area (Å²) in [6, 6.07) is 12.6. The van der Waals surface area contributed by atoms with Crippen LogP contribution < -0.4 is 20.3 Å². The molecule has 0 bridgehead atoms. The van der Waals surface area contributed by atoms with Crippen LogP contribution >= 0.6 is 22.6 Å². The van der Waals surface area contributed by atoms with E-state index in [1.165, 1.54) is 5.56 Å². The first kappa shape index (κ1) is 22.0. The van der Waals surface area contributed by atoms with Crippen LogP contribution in [0.4, 0.5) is 0 Å². The number of benzene rings is 2. The summed E-state index contributed by atoms with van der Waals surface area (Å²) < 4.78 is 11.6. The number of carbonyl (C=O) groups is 2. The van der Waals surface area contributed by atoms with Gasteiger partial charge in [-0.25, -0.2) is 0 Å². The van der Waals surface area contributed by atoms with Gasteiger partial charge in [0.15, 0.2) is 6.10 Å². The van der Waals surface area contributed by atoms with Gasteiger partial charge in [0.25, 0.3) is 11.8 Å². The molecule has 0 heterocycles. The summed E-state index contributed by atoms with van der Waals surface area (Å²) in [5.41, 5.74) is 6.42. The quantitative estimate of drug-likeness (QED) is 0.488. The molecular weight excluding hydrogens is 471 g/mol. The van der Waals surface area contributed by atoms with E-state index in [0.717, 1.165) is 3.57 Å². The smallest absolute Gasteiger partial charge is 0.279 e. The number of hydrazine groups is 1. The molecule has 2 N–H and O–H groups in total. The monoisotopic (exact) mass is 496 g/mol. The van der Waals surface area contributed by atoms with Gasteiger partial charge >= 0.3 is 0 Å². The average molecular weight is 496 g/mol. The second-order valence-electron chi connectivity index (χ2n) is 7.33. The Hall–Kier alpha value is -2.29. The largest absolute Gasteiger partial charge is 0.496 e. The number of rotatable bonds is 5. The van der Waals surface area contributed by atoms with Gasteiger partial charge in [-0.3, -0.25) is 20.4 Å². The number of carbonyl (C=O) groups excluding carboxylic acids is 2. The van der Waals surface area contributed by atoms with Crippen molar-refractivity contribution in [2.45, 2.75) is 39.2 Å². The summed E-state index contributed by atoms with van der Waals surface area (Å²) in [6.45, 7) is 8.01. The van der Waals surface area contributed by atoms with Crippen molar-refractivity contribution in [2.75, 3.05) is 7.11 Å². The first-order chi connectivity index (χ1) is 13.1. The van der Waals surface area contributed by atoms with Crippen LogP contribution in [0.15, 0.2) is 42.5 Å². The first-order valence-corrected chi connectivity index (χ1v) is 9.90. The van der Waals surface area contributed by atoms with E-state index >= 15 is 0 Å². The van der Waals surface area contributed by atoms with E-state index in [9.17, 15) is 9.59 Å². The highest BCUT2D eigenvalue weighted by Gasteiger charge is 2.18. The zero-order chi connectivity index (χ0) is 20.9. The zero-order valence-electron chi connectivity index (χ0n) is 16.6. The number of ether oxygens (including phenoxy) is 2. The van der Waals surface area contributed by atoms with Crippen molar-refractivity contribution in [1.82, 2.24) is 10.9 Å². The van der Waals surface area contributed by atoms with E-state index in [-0.39, 0.29) is 5.41 Å². The van der Waals surface area contributed by atoms with Crippen molar-refractivity contribution >= 4 is 34.4 Å². The number of hydrogen-bond donors (Lipinski definition) is 2. The molecule has 28 heavy (non-hydrogen) atoms. The SMILES string of the molecule is COc1ccc(C(=O)NNC(=O)C(C)Oc2ccc(C(C)(C)C)cc2)cc1I. The standard InChI is InChI=1S/C21H25IN2O4/c1-13(28-16-9-7-15(8-10-16)21(2,3)4)19(25)23-24-20(26)14-6-11-18(27-5)17(22)12-14/h6-13H,1-5H3,(H,23,25)(H,24,26). The first-order valence-electron chi connectivity index (χ1n) is 8.82. The Balaban J connectivity index is 1.90. The van der Waals surface area contributed by atoms with Crippen LogP contribution in [0.5, 0.6) is 11.5 Å². The molecule has 0 saturated carbocycles. The Morgan fingerprint density at radius 1 is 1.04 bits per heavy atom. The van der Waals surface area contributed by atoms with Crippen LogP contribution in [0.1, 0.15) is 43.6 Å². The van der Waals surface area contributed by atoms with E-state index < -0.39 is 17.9 Å². The van der Waals surface area contributed by atoms with Gasteiger partial charge in [-0.05, 0) is 70.8 Å². The third-order valence-electron chi connectivity index (χ3n) is 4.12. The summed E-state index contributed by atoms with van der Waals surface area (Å²) in [5, 5.41) is 0. The Morgan fingerprint density at radius 2 is 1.68 bits per heavy atom. The van der Waals surface area contributed by atoms with Gasteiger partial charge in [-0.1, -0.05) is 32.9 Å². The van der Waals surface area contributed by atoms with E-state index in [0.29, 0.717) is 17.1 Å². The molecule has 2 aromatic carbocycles. The number of methoxy groups -OCH3 is 1. The molecule has 2 amide bonds. The Bertz CT molecular complexity index is 844. The van der Waals surface area contributed by atoms with Crippen molar-refractivity contribution in [3.05, 3.63) is 57.2 Å². The minimum atomic E-state index is -0.767. The highest BCUT2D eigenvalue weighted by Crippen LogP contribution is 2.24. The number of amides is 2. The predicted octanol–water partition coefficient (Wildman–Crippen LogP) is 3.83. The molecule has 0 aliphatic carbocycles. The molecule has 0 saturated heterocycles. The number of nitrogens with one attached hydrogen (secondary N) is 2. The molecule has 6 nitrogen and oxygen atoms in total. The lowest BCUT2D eigenvalue weighted by Gasteiger charge is -2.20. The number of hydrogen-bond acceptors (Lipinski definition) is 4. The van der Waals surface area contributed by atoms with Gasteiger partial charge in [0.05, 0.1) is 10.7 Å². The van der Waals surface area contributed by atoms with Crippen LogP contribution in [-0.2, 0) is 10.2 Å². The number of halogens is 1. The molecule has 0 spiro atoms. The second kappa shape index (κ2) is 9.27. The van der Waals surface area contributed by atoms with Crippen LogP contribution in [0.2, 0.25) is 0 Å². The van der Waals surface area contributed by atoms with Gasteiger partial charge in [-0.2, -0.15) is 0 Å². The molecule has 1 unspecified atom stereocenters. The second-order valence-corrected chi connectivity index (χ2v) is 8.49. The normalized spacial score (nSPS) is 12.1. The predicted molar refractivity (Wildman–Crippen MR) is 117 cm³/mol. The van der Waals surface area contributed by atoms with Gasteiger partial charge in [-0.15, -0.1) is 0 Å². The van der Waals surface area contributed by atoms with E-state index in [1.807, 2.05) is 24.3 Å². The average Bonchev–Trinajstić information content (AvgIpc) is 2.65. The summed E-state index contributed by atoms with van der Waals surface area (Å²) in [6.07, 6.45) is -0.767. The van der Waals surface area contributed by atoms with Crippen molar-refractivity contribution in [3.63, 3.8) is 0 Å². The fraction of sp³-hybridized carbons (Fsp3) is 0.333. The molecule has 2 rings (SSSR count). The van der Waals surface area contributed by atoms with Gasteiger partial charge in [0.1, 0.15) is 11.5 Å². The summed E-state index contributed by atoms with van der Waals surface area (Å²) in [4.78, 5) is 24.4. The summed E-state index contributed by atoms with van der Waals surface area (Å²) in [7, 11) is 1.56. The molecule has 0 aromatic heterocycles. The van der Waals surface area contributed by atoms with Crippen molar-refractivity contribution in [3.8, 4) is 11.5 Å². The maximum absolute atomic E-state index is 12.2. The lowest BCUT2D eigenvalue weighted by Crippen LogP contribution is -2.47. The molecule has 7 heteroatoms. The summed E-state index contributed by atoms with van der Waals surface area (Å²) >= 11 is 2.08. The van der Waals surface area contributed by atoms with Crippen LogP contribution in [0.3, 0.4) is 0 Å². The highest BCUT2D eigenvalue weighted by molar-refractivity contribution is 14.1. The fourth-order valence-corrected chi connectivity index (χ4v) is 3.13. The minimum absolute atomic E-state index is 0.0467. The Labute approximate surface area is 179 Å². The maximum atomic E-state index is 12.2. The topological polar surface area (TPSA) is 76.7 Å². The van der Waals surface area contributed by atoms with Crippen LogP contribution in [-0.4, -0.2) is 25.0 Å². The van der Waals surface area contributed by atoms with Crippen molar-refractivity contribution < 1.29 is 19.1 Å². The molecule has 2 aromatic rings. The van der Waals surface area contributed by atoms with Gasteiger partial charge in [0.2, 0.25) is 0 Å². The van der Waals surface area contributed by atoms with Crippen molar-refractivity contribution in [1.29, 1.82) is 0 Å². The molecule has 0 aliphatic rings. The minimum Gasteiger partial charge on any atom is -0.496 e. The Kier molecular flexibility index (Phi) is 7.29. The van der Waals surface area contributed by atoms with Crippen LogP contribution in [0, 0.1) is 3.57 Å². The summed E-state index contributed by atoms with van der Waals surface area (Å²) in [5.74, 6) is 0.402. The van der Waals surface area contributed by atoms with E-state index in [1.54, 1.807) is 32.2 Å². The molecular formula is C21H25IN2O4. The molecule has 0 radical (unpaired) electrons. The molecule has 0 aliphatic heterocycles.